The molecular weight excluding hydrogens is 214 g/mol. The predicted octanol–water partition coefficient (Wildman–Crippen LogP) is 2.62. The van der Waals surface area contributed by atoms with Crippen molar-refractivity contribution in [3.8, 4) is 5.88 Å². The zero-order valence-corrected chi connectivity index (χ0v) is 9.04. The van der Waals surface area contributed by atoms with Gasteiger partial charge in [-0.2, -0.15) is 0 Å². The molecule has 0 aliphatic carbocycles. The van der Waals surface area contributed by atoms with Crippen molar-refractivity contribution in [3.05, 3.63) is 54.7 Å². The Labute approximate surface area is 98.1 Å². The van der Waals surface area contributed by atoms with Crippen LogP contribution in [0.15, 0.2) is 54.7 Å². The molecule has 0 saturated heterocycles. The first-order valence-corrected chi connectivity index (χ1v) is 5.32. The molecule has 84 valence electrons. The molecule has 3 aromatic rings. The van der Waals surface area contributed by atoms with E-state index in [-0.39, 0.29) is 5.88 Å². The standard InChI is InChI=1S/C13H11N3O/c17-13-9-10-5-1-2-6-11(10)16(13)15-12-7-3-4-8-14-12/h1-9,17H,(H,14,15). The van der Waals surface area contributed by atoms with Crippen LogP contribution in [0.3, 0.4) is 0 Å². The largest absolute Gasteiger partial charge is 0.493 e. The molecule has 0 aliphatic rings. The van der Waals surface area contributed by atoms with E-state index in [1.54, 1.807) is 16.9 Å². The summed E-state index contributed by atoms with van der Waals surface area (Å²) in [5.41, 5.74) is 3.96. The van der Waals surface area contributed by atoms with Crippen molar-refractivity contribution in [3.63, 3.8) is 0 Å². The minimum absolute atomic E-state index is 0.164. The smallest absolute Gasteiger partial charge is 0.211 e. The summed E-state index contributed by atoms with van der Waals surface area (Å²) in [6.45, 7) is 0. The SMILES string of the molecule is Oc1cc2ccccc2n1Nc1ccccn1. The molecule has 1 aromatic carbocycles. The lowest BCUT2D eigenvalue weighted by Gasteiger charge is -2.09. The molecule has 2 N–H and O–H groups in total. The highest BCUT2D eigenvalue weighted by molar-refractivity contribution is 5.82. The van der Waals surface area contributed by atoms with Gasteiger partial charge in [-0.05, 0) is 18.2 Å². The number of aromatic hydroxyl groups is 1. The Morgan fingerprint density at radius 3 is 2.71 bits per heavy atom. The average Bonchev–Trinajstić information content (AvgIpc) is 2.68. The van der Waals surface area contributed by atoms with Crippen LogP contribution in [0.1, 0.15) is 0 Å². The van der Waals surface area contributed by atoms with Gasteiger partial charge in [-0.15, -0.1) is 0 Å². The molecular formula is C13H11N3O. The van der Waals surface area contributed by atoms with Gasteiger partial charge in [0.15, 0.2) is 0 Å². The monoisotopic (exact) mass is 225 g/mol. The molecule has 0 spiro atoms. The number of pyridine rings is 1. The maximum Gasteiger partial charge on any atom is 0.211 e. The van der Waals surface area contributed by atoms with Crippen molar-refractivity contribution in [1.29, 1.82) is 0 Å². The fourth-order valence-electron chi connectivity index (χ4n) is 1.80. The van der Waals surface area contributed by atoms with Crippen LogP contribution in [0.4, 0.5) is 5.82 Å². The van der Waals surface area contributed by atoms with Crippen LogP contribution in [-0.4, -0.2) is 14.8 Å². The predicted molar refractivity (Wildman–Crippen MR) is 66.9 cm³/mol. The van der Waals surface area contributed by atoms with E-state index >= 15 is 0 Å². The molecule has 0 bridgehead atoms. The first-order valence-electron chi connectivity index (χ1n) is 5.32. The summed E-state index contributed by atoms with van der Waals surface area (Å²) < 4.78 is 1.61. The first-order chi connectivity index (χ1) is 8.34. The number of nitrogens with zero attached hydrogens (tertiary/aromatic N) is 2. The number of fused-ring (bicyclic) bond motifs is 1. The molecule has 0 unspecified atom stereocenters. The maximum atomic E-state index is 9.87. The van der Waals surface area contributed by atoms with E-state index in [1.165, 1.54) is 0 Å². The quantitative estimate of drug-likeness (QED) is 0.704. The van der Waals surface area contributed by atoms with Crippen molar-refractivity contribution in [1.82, 2.24) is 9.66 Å². The van der Waals surface area contributed by atoms with E-state index in [9.17, 15) is 5.11 Å². The van der Waals surface area contributed by atoms with Crippen molar-refractivity contribution in [2.45, 2.75) is 0 Å². The van der Waals surface area contributed by atoms with Crippen LogP contribution >= 0.6 is 0 Å². The van der Waals surface area contributed by atoms with Gasteiger partial charge >= 0.3 is 0 Å². The molecule has 0 radical (unpaired) electrons. The van der Waals surface area contributed by atoms with E-state index in [0.29, 0.717) is 5.82 Å². The number of hydrogen-bond acceptors (Lipinski definition) is 3. The Balaban J connectivity index is 2.08. The van der Waals surface area contributed by atoms with Crippen LogP contribution < -0.4 is 5.43 Å². The summed E-state index contributed by atoms with van der Waals surface area (Å²) in [4.78, 5) is 4.16. The summed E-state index contributed by atoms with van der Waals surface area (Å²) >= 11 is 0. The summed E-state index contributed by atoms with van der Waals surface area (Å²) in [6, 6.07) is 15.0. The minimum Gasteiger partial charge on any atom is -0.493 e. The highest BCUT2D eigenvalue weighted by Crippen LogP contribution is 2.23. The summed E-state index contributed by atoms with van der Waals surface area (Å²) in [5.74, 6) is 0.848. The van der Waals surface area contributed by atoms with Crippen LogP contribution in [0.25, 0.3) is 10.9 Å². The van der Waals surface area contributed by atoms with E-state index in [0.717, 1.165) is 10.9 Å². The Morgan fingerprint density at radius 2 is 1.88 bits per heavy atom. The summed E-state index contributed by atoms with van der Waals surface area (Å²) in [7, 11) is 0. The van der Waals surface area contributed by atoms with E-state index in [2.05, 4.69) is 10.4 Å². The molecule has 0 fully saturated rings. The molecule has 4 heteroatoms. The van der Waals surface area contributed by atoms with Gasteiger partial charge in [0.2, 0.25) is 5.88 Å². The first kappa shape index (κ1) is 9.72. The second kappa shape index (κ2) is 3.83. The lowest BCUT2D eigenvalue weighted by molar-refractivity contribution is 0.439. The second-order valence-electron chi connectivity index (χ2n) is 3.72. The molecule has 3 rings (SSSR count). The molecule has 0 amide bonds. The minimum atomic E-state index is 0.164. The normalized spacial score (nSPS) is 10.6. The number of rotatable bonds is 2. The fourth-order valence-corrected chi connectivity index (χ4v) is 1.80. The van der Waals surface area contributed by atoms with Gasteiger partial charge in [0.05, 0.1) is 5.52 Å². The zero-order chi connectivity index (χ0) is 11.7. The second-order valence-corrected chi connectivity index (χ2v) is 3.72. The lowest BCUT2D eigenvalue weighted by Crippen LogP contribution is -2.08. The lowest BCUT2D eigenvalue weighted by atomic mass is 10.2. The number of nitrogens with one attached hydrogen (secondary N) is 1. The Bertz CT molecular complexity index is 646. The number of anilines is 1. The number of aromatic nitrogens is 2. The van der Waals surface area contributed by atoms with Crippen LogP contribution in [0.5, 0.6) is 5.88 Å². The number of para-hydroxylation sites is 1. The maximum absolute atomic E-state index is 9.87. The number of benzene rings is 1. The molecule has 0 saturated carbocycles. The van der Waals surface area contributed by atoms with Gasteiger partial charge in [-0.3, -0.25) is 5.43 Å². The topological polar surface area (TPSA) is 50.1 Å². The zero-order valence-electron chi connectivity index (χ0n) is 9.04. The molecule has 2 aromatic heterocycles. The highest BCUT2D eigenvalue weighted by atomic mass is 16.3. The Morgan fingerprint density at radius 1 is 1.06 bits per heavy atom. The molecule has 0 aliphatic heterocycles. The number of hydrogen-bond donors (Lipinski definition) is 2. The van der Waals surface area contributed by atoms with Crippen LogP contribution in [0, 0.1) is 0 Å². The van der Waals surface area contributed by atoms with Gasteiger partial charge < -0.3 is 5.11 Å². The van der Waals surface area contributed by atoms with Crippen LogP contribution in [0.2, 0.25) is 0 Å². The fraction of sp³-hybridized carbons (Fsp3) is 0. The van der Waals surface area contributed by atoms with E-state index < -0.39 is 0 Å². The third-order valence-electron chi connectivity index (χ3n) is 2.58. The molecule has 4 nitrogen and oxygen atoms in total. The van der Waals surface area contributed by atoms with Gasteiger partial charge in [0, 0.05) is 17.6 Å². The molecule has 17 heavy (non-hydrogen) atoms. The Hall–Kier alpha value is -2.49. The van der Waals surface area contributed by atoms with Crippen LogP contribution in [-0.2, 0) is 0 Å². The third kappa shape index (κ3) is 1.69. The third-order valence-corrected chi connectivity index (χ3v) is 2.58. The van der Waals surface area contributed by atoms with Gasteiger partial charge in [0.1, 0.15) is 5.82 Å². The molecule has 2 heterocycles. The Kier molecular flexibility index (Phi) is 2.19. The van der Waals surface area contributed by atoms with Crippen molar-refractivity contribution >= 4 is 16.7 Å². The summed E-state index contributed by atoms with van der Waals surface area (Å²) in [6.07, 6.45) is 1.70. The van der Waals surface area contributed by atoms with E-state index in [4.69, 9.17) is 0 Å². The van der Waals surface area contributed by atoms with Gasteiger partial charge in [-0.25, -0.2) is 9.66 Å². The average molecular weight is 225 g/mol. The molecule has 0 atom stereocenters. The van der Waals surface area contributed by atoms with Crippen molar-refractivity contribution in [2.24, 2.45) is 0 Å². The van der Waals surface area contributed by atoms with Crippen molar-refractivity contribution < 1.29 is 5.11 Å². The summed E-state index contributed by atoms with van der Waals surface area (Å²) in [5, 5.41) is 10.8. The van der Waals surface area contributed by atoms with E-state index in [1.807, 2.05) is 42.5 Å². The van der Waals surface area contributed by atoms with Crippen molar-refractivity contribution in [2.75, 3.05) is 5.43 Å². The van der Waals surface area contributed by atoms with Gasteiger partial charge in [-0.1, -0.05) is 24.3 Å². The highest BCUT2D eigenvalue weighted by Gasteiger charge is 2.06. The van der Waals surface area contributed by atoms with Gasteiger partial charge in [0.25, 0.3) is 0 Å².